The maximum atomic E-state index is 10.9. The first-order valence-electron chi connectivity index (χ1n) is 6.48. The van der Waals surface area contributed by atoms with E-state index in [0.717, 1.165) is 25.9 Å². The van der Waals surface area contributed by atoms with Crippen molar-refractivity contribution in [3.8, 4) is 0 Å². The molecule has 1 N–H and O–H groups in total. The number of ether oxygens (including phenoxy) is 1. The Balaban J connectivity index is 1.89. The fraction of sp³-hybridized carbons (Fsp3) is 0.923. The second-order valence-electron chi connectivity index (χ2n) is 5.57. The largest absolute Gasteiger partial charge is 0.481 e. The van der Waals surface area contributed by atoms with E-state index in [9.17, 15) is 4.79 Å². The van der Waals surface area contributed by atoms with Crippen LogP contribution in [0.15, 0.2) is 0 Å². The molecule has 0 amide bonds. The van der Waals surface area contributed by atoms with Crippen molar-refractivity contribution in [1.82, 2.24) is 0 Å². The first kappa shape index (κ1) is 11.9. The zero-order chi connectivity index (χ0) is 11.6. The van der Waals surface area contributed by atoms with Crippen LogP contribution in [-0.4, -0.2) is 23.3 Å². The second-order valence-corrected chi connectivity index (χ2v) is 5.57. The molecular weight excluding hydrogens is 204 g/mol. The van der Waals surface area contributed by atoms with Crippen LogP contribution in [0.25, 0.3) is 0 Å². The zero-order valence-electron chi connectivity index (χ0n) is 10.1. The van der Waals surface area contributed by atoms with Gasteiger partial charge in [0.05, 0.1) is 11.5 Å². The van der Waals surface area contributed by atoms with Crippen LogP contribution in [0.4, 0.5) is 0 Å². The number of carboxylic acids is 1. The number of rotatable bonds is 3. The Hall–Kier alpha value is -0.570. The monoisotopic (exact) mass is 226 g/mol. The summed E-state index contributed by atoms with van der Waals surface area (Å²) < 4.78 is 5.95. The molecule has 2 aliphatic rings. The fourth-order valence-electron chi connectivity index (χ4n) is 3.30. The Morgan fingerprint density at radius 3 is 2.81 bits per heavy atom. The molecule has 2 fully saturated rings. The van der Waals surface area contributed by atoms with E-state index in [4.69, 9.17) is 9.84 Å². The molecule has 1 saturated carbocycles. The third-order valence-electron chi connectivity index (χ3n) is 4.22. The van der Waals surface area contributed by atoms with Crippen LogP contribution in [0.5, 0.6) is 0 Å². The summed E-state index contributed by atoms with van der Waals surface area (Å²) in [6, 6.07) is 0. The molecule has 1 aliphatic heterocycles. The molecule has 0 radical (unpaired) electrons. The highest BCUT2D eigenvalue weighted by Gasteiger charge is 2.40. The number of hydrogen-bond donors (Lipinski definition) is 1. The van der Waals surface area contributed by atoms with Crippen LogP contribution in [0, 0.1) is 11.8 Å². The number of carboxylic acid groups (broad SMARTS) is 1. The molecule has 92 valence electrons. The summed E-state index contributed by atoms with van der Waals surface area (Å²) in [5, 5.41) is 8.94. The minimum Gasteiger partial charge on any atom is -0.481 e. The molecule has 3 nitrogen and oxygen atoms in total. The molecular formula is C13H22O3. The smallest absolute Gasteiger partial charge is 0.306 e. The van der Waals surface area contributed by atoms with Gasteiger partial charge in [-0.3, -0.25) is 4.79 Å². The Kier molecular flexibility index (Phi) is 3.53. The van der Waals surface area contributed by atoms with Crippen LogP contribution in [0.3, 0.4) is 0 Å². The van der Waals surface area contributed by atoms with Gasteiger partial charge in [0.1, 0.15) is 0 Å². The van der Waals surface area contributed by atoms with E-state index < -0.39 is 5.97 Å². The van der Waals surface area contributed by atoms with Crippen molar-refractivity contribution in [3.05, 3.63) is 0 Å². The standard InChI is InChI=1S/C13H22O3/c1-10(12(14)15)8-11-4-7-16-13(9-11)5-2-3-6-13/h10-11H,2-9H2,1H3,(H,14,15). The van der Waals surface area contributed by atoms with Crippen molar-refractivity contribution in [1.29, 1.82) is 0 Å². The van der Waals surface area contributed by atoms with Crippen LogP contribution in [0.2, 0.25) is 0 Å². The normalized spacial score (nSPS) is 30.4. The minimum absolute atomic E-state index is 0.126. The van der Waals surface area contributed by atoms with E-state index >= 15 is 0 Å². The van der Waals surface area contributed by atoms with Crippen molar-refractivity contribution in [2.75, 3.05) is 6.61 Å². The molecule has 2 atom stereocenters. The third-order valence-corrected chi connectivity index (χ3v) is 4.22. The van der Waals surface area contributed by atoms with Gasteiger partial charge in [0.2, 0.25) is 0 Å². The Bertz CT molecular complexity index is 256. The molecule has 1 saturated heterocycles. The van der Waals surface area contributed by atoms with Crippen molar-refractivity contribution < 1.29 is 14.6 Å². The van der Waals surface area contributed by atoms with E-state index in [0.29, 0.717) is 5.92 Å². The van der Waals surface area contributed by atoms with Gasteiger partial charge in [-0.05, 0) is 38.0 Å². The summed E-state index contributed by atoms with van der Waals surface area (Å²) in [5.41, 5.74) is 0.126. The molecule has 2 unspecified atom stereocenters. The summed E-state index contributed by atoms with van der Waals surface area (Å²) in [7, 11) is 0. The molecule has 1 spiro atoms. The molecule has 0 aromatic carbocycles. The highest BCUT2D eigenvalue weighted by Crippen LogP contribution is 2.43. The number of aliphatic carboxylic acids is 1. The average molecular weight is 226 g/mol. The van der Waals surface area contributed by atoms with Gasteiger partial charge in [0.25, 0.3) is 0 Å². The maximum absolute atomic E-state index is 10.9. The Morgan fingerprint density at radius 1 is 1.50 bits per heavy atom. The van der Waals surface area contributed by atoms with Crippen molar-refractivity contribution >= 4 is 5.97 Å². The van der Waals surface area contributed by atoms with Crippen molar-refractivity contribution in [2.45, 2.75) is 57.5 Å². The van der Waals surface area contributed by atoms with Crippen LogP contribution in [-0.2, 0) is 9.53 Å². The Labute approximate surface area is 97.2 Å². The van der Waals surface area contributed by atoms with E-state index in [2.05, 4.69) is 0 Å². The van der Waals surface area contributed by atoms with E-state index in [-0.39, 0.29) is 11.5 Å². The first-order chi connectivity index (χ1) is 7.61. The zero-order valence-corrected chi connectivity index (χ0v) is 10.1. The Morgan fingerprint density at radius 2 is 2.19 bits per heavy atom. The van der Waals surface area contributed by atoms with Gasteiger partial charge in [0.15, 0.2) is 0 Å². The van der Waals surface area contributed by atoms with Gasteiger partial charge < -0.3 is 9.84 Å². The van der Waals surface area contributed by atoms with Gasteiger partial charge in [-0.1, -0.05) is 19.8 Å². The molecule has 1 heterocycles. The SMILES string of the molecule is CC(CC1CCOC2(CCCC2)C1)C(=O)O. The van der Waals surface area contributed by atoms with Crippen molar-refractivity contribution in [3.63, 3.8) is 0 Å². The molecule has 16 heavy (non-hydrogen) atoms. The first-order valence-corrected chi connectivity index (χ1v) is 6.48. The van der Waals surface area contributed by atoms with Crippen molar-refractivity contribution in [2.24, 2.45) is 11.8 Å². The summed E-state index contributed by atoms with van der Waals surface area (Å²) >= 11 is 0. The molecule has 3 heteroatoms. The lowest BCUT2D eigenvalue weighted by atomic mass is 9.80. The average Bonchev–Trinajstić information content (AvgIpc) is 2.66. The number of hydrogen-bond acceptors (Lipinski definition) is 2. The van der Waals surface area contributed by atoms with E-state index in [1.807, 2.05) is 6.92 Å². The van der Waals surface area contributed by atoms with Crippen LogP contribution in [0.1, 0.15) is 51.9 Å². The lowest BCUT2D eigenvalue weighted by Gasteiger charge is -2.38. The molecule has 1 aliphatic carbocycles. The van der Waals surface area contributed by atoms with Gasteiger partial charge in [-0.2, -0.15) is 0 Å². The van der Waals surface area contributed by atoms with Crippen LogP contribution >= 0.6 is 0 Å². The van der Waals surface area contributed by atoms with E-state index in [1.165, 1.54) is 25.7 Å². The second kappa shape index (κ2) is 4.74. The summed E-state index contributed by atoms with van der Waals surface area (Å²) in [6.07, 6.45) is 7.88. The van der Waals surface area contributed by atoms with Gasteiger partial charge in [0, 0.05) is 6.61 Å². The highest BCUT2D eigenvalue weighted by atomic mass is 16.5. The third kappa shape index (κ3) is 2.57. The maximum Gasteiger partial charge on any atom is 0.306 e. The molecule has 0 aromatic heterocycles. The summed E-state index contributed by atoms with van der Waals surface area (Å²) in [5.74, 6) is -0.313. The quantitative estimate of drug-likeness (QED) is 0.805. The fourth-order valence-corrected chi connectivity index (χ4v) is 3.30. The lowest BCUT2D eigenvalue weighted by molar-refractivity contribution is -0.143. The van der Waals surface area contributed by atoms with Gasteiger partial charge in [-0.25, -0.2) is 0 Å². The molecule has 0 aromatic rings. The molecule has 0 bridgehead atoms. The summed E-state index contributed by atoms with van der Waals surface area (Å²) in [4.78, 5) is 10.9. The topological polar surface area (TPSA) is 46.5 Å². The van der Waals surface area contributed by atoms with Gasteiger partial charge in [-0.15, -0.1) is 0 Å². The lowest BCUT2D eigenvalue weighted by Crippen LogP contribution is -2.38. The van der Waals surface area contributed by atoms with Crippen LogP contribution < -0.4 is 0 Å². The summed E-state index contributed by atoms with van der Waals surface area (Å²) in [6.45, 7) is 2.65. The highest BCUT2D eigenvalue weighted by molar-refractivity contribution is 5.69. The molecule has 2 rings (SSSR count). The minimum atomic E-state index is -0.660. The predicted octanol–water partition coefficient (Wildman–Crippen LogP) is 2.84. The van der Waals surface area contributed by atoms with Gasteiger partial charge >= 0.3 is 5.97 Å². The van der Waals surface area contributed by atoms with E-state index in [1.54, 1.807) is 0 Å². The number of carbonyl (C=O) groups is 1. The predicted molar refractivity (Wildman–Crippen MR) is 61.3 cm³/mol.